The van der Waals surface area contributed by atoms with Crippen LogP contribution in [-0.4, -0.2) is 47.2 Å². The van der Waals surface area contributed by atoms with Crippen molar-refractivity contribution in [3.8, 4) is 0 Å². The van der Waals surface area contributed by atoms with E-state index in [1.54, 1.807) is 13.8 Å². The van der Waals surface area contributed by atoms with Gasteiger partial charge in [-0.15, -0.1) is 0 Å². The van der Waals surface area contributed by atoms with Crippen LogP contribution in [0.3, 0.4) is 0 Å². The topological polar surface area (TPSA) is 68.2 Å². The molecule has 5 heteroatoms. The van der Waals surface area contributed by atoms with Gasteiger partial charge in [0.05, 0.1) is 7.98 Å². The molecule has 1 unspecified atom stereocenters. The highest BCUT2D eigenvalue weighted by Crippen LogP contribution is 2.34. The molecule has 0 saturated carbocycles. The van der Waals surface area contributed by atoms with Crippen LogP contribution in [0.25, 0.3) is 0 Å². The predicted octanol–water partition coefficient (Wildman–Crippen LogP) is -0.784. The summed E-state index contributed by atoms with van der Waals surface area (Å²) in [6.45, 7) is 3.20. The highest BCUT2D eigenvalue weighted by Gasteiger charge is 2.51. The number of rotatable bonds is 0. The molecule has 0 aromatic carbocycles. The maximum atomic E-state index is 9.52. The van der Waals surface area contributed by atoms with Gasteiger partial charge in [0.25, 0.3) is 0 Å². The molecule has 0 aromatic rings. The highest BCUT2D eigenvalue weighted by atomic mass is 16.8. The van der Waals surface area contributed by atoms with Gasteiger partial charge in [-0.3, -0.25) is 0 Å². The van der Waals surface area contributed by atoms with E-state index in [0.717, 1.165) is 0 Å². The number of hydrogen-bond donors (Lipinski definition) is 2. The molecule has 5 nitrogen and oxygen atoms in total. The lowest BCUT2D eigenvalue weighted by molar-refractivity contribution is -0.225. The van der Waals surface area contributed by atoms with E-state index < -0.39 is 30.4 Å². The van der Waals surface area contributed by atoms with E-state index in [4.69, 9.17) is 15.6 Å². The Hall–Kier alpha value is -0.200. The van der Waals surface area contributed by atoms with Crippen molar-refractivity contribution in [1.29, 1.82) is 0 Å². The van der Waals surface area contributed by atoms with E-state index >= 15 is 0 Å². The second-order valence-corrected chi connectivity index (χ2v) is 3.74. The molecule has 4 atom stereocenters. The average Bonchev–Trinajstić information content (AvgIpc) is 2.36. The van der Waals surface area contributed by atoms with E-state index in [-0.39, 0.29) is 6.61 Å². The molecular formula is C8H14O5. The molecular weight excluding hydrogens is 176 g/mol. The summed E-state index contributed by atoms with van der Waals surface area (Å²) in [5, 5.41) is 19.0. The molecule has 13 heavy (non-hydrogen) atoms. The van der Waals surface area contributed by atoms with Gasteiger partial charge in [0.2, 0.25) is 0 Å². The normalized spacial score (nSPS) is 55.7. The van der Waals surface area contributed by atoms with E-state index in [1.807, 2.05) is 0 Å². The zero-order valence-corrected chi connectivity index (χ0v) is 7.56. The molecule has 2 aliphatic heterocycles. The fourth-order valence-electron chi connectivity index (χ4n) is 1.61. The lowest BCUT2D eigenvalue weighted by atomic mass is 10.1. The summed E-state index contributed by atoms with van der Waals surface area (Å²) in [6, 6.07) is 0. The Bertz CT molecular complexity index is 242. The molecule has 0 spiro atoms. The van der Waals surface area contributed by atoms with Crippen molar-refractivity contribution >= 4 is 0 Å². The summed E-state index contributed by atoms with van der Waals surface area (Å²) >= 11 is 0. The molecule has 76 valence electrons. The zero-order chi connectivity index (χ0) is 10.6. The Balaban J connectivity index is 2.23. The molecule has 2 heterocycles. The summed E-state index contributed by atoms with van der Waals surface area (Å²) in [7, 11) is 0. The van der Waals surface area contributed by atoms with Gasteiger partial charge in [-0.1, -0.05) is 0 Å². The number of aliphatic hydroxyl groups excluding tert-OH is 1. The predicted molar refractivity (Wildman–Crippen MR) is 41.8 cm³/mol. The quantitative estimate of drug-likeness (QED) is 0.525. The second-order valence-electron chi connectivity index (χ2n) is 3.74. The van der Waals surface area contributed by atoms with Crippen LogP contribution in [0.5, 0.6) is 0 Å². The zero-order valence-electron chi connectivity index (χ0n) is 8.56. The smallest absolute Gasteiger partial charge is 0.184 e. The fourth-order valence-corrected chi connectivity index (χ4v) is 1.61. The third-order valence-corrected chi connectivity index (χ3v) is 2.15. The molecule has 0 aromatic heterocycles. The van der Waals surface area contributed by atoms with Gasteiger partial charge < -0.3 is 24.4 Å². The van der Waals surface area contributed by atoms with Crippen molar-refractivity contribution in [1.82, 2.24) is 0 Å². The van der Waals surface area contributed by atoms with Crippen LogP contribution >= 0.6 is 0 Å². The monoisotopic (exact) mass is 191 g/mol. The van der Waals surface area contributed by atoms with Gasteiger partial charge in [0, 0.05) is 0 Å². The van der Waals surface area contributed by atoms with Gasteiger partial charge in [-0.2, -0.15) is 0 Å². The van der Waals surface area contributed by atoms with Crippen LogP contribution in [0.2, 0.25) is 0 Å². The lowest BCUT2D eigenvalue weighted by Crippen LogP contribution is -2.51. The van der Waals surface area contributed by atoms with Crippen LogP contribution in [-0.2, 0) is 14.2 Å². The molecule has 2 fully saturated rings. The van der Waals surface area contributed by atoms with Crippen LogP contribution < -0.4 is 0 Å². The third kappa shape index (κ3) is 1.58. The summed E-state index contributed by atoms with van der Waals surface area (Å²) in [5.41, 5.74) is 0. The molecule has 0 radical (unpaired) electrons. The summed E-state index contributed by atoms with van der Waals surface area (Å²) in [5.74, 6) is -0.904. The second kappa shape index (κ2) is 2.90. The number of ether oxygens (including phenoxy) is 3. The average molecular weight is 191 g/mol. The number of aliphatic hydroxyl groups is 2. The van der Waals surface area contributed by atoms with Crippen molar-refractivity contribution in [3.05, 3.63) is 0 Å². The van der Waals surface area contributed by atoms with Crippen molar-refractivity contribution in [3.63, 3.8) is 0 Å². The van der Waals surface area contributed by atoms with E-state index in [2.05, 4.69) is 0 Å². The molecule has 0 bridgehead atoms. The Morgan fingerprint density at radius 1 is 1.31 bits per heavy atom. The van der Waals surface area contributed by atoms with Crippen molar-refractivity contribution < 1.29 is 25.8 Å². The first-order chi connectivity index (χ1) is 6.32. The first-order valence-corrected chi connectivity index (χ1v) is 4.22. The van der Waals surface area contributed by atoms with Crippen LogP contribution in [0.4, 0.5) is 0 Å². The van der Waals surface area contributed by atoms with E-state index in [9.17, 15) is 10.2 Å². The summed E-state index contributed by atoms with van der Waals surface area (Å²) in [6.07, 6.45) is -4.69. The van der Waals surface area contributed by atoms with Crippen LogP contribution in [0, 0.1) is 0 Å². The minimum absolute atomic E-state index is 0.124. The Morgan fingerprint density at radius 2 is 1.92 bits per heavy atom. The lowest BCUT2D eigenvalue weighted by Gasteiger charge is -2.31. The van der Waals surface area contributed by atoms with Crippen LogP contribution in [0.1, 0.15) is 15.2 Å². The molecule has 2 rings (SSSR count). The summed E-state index contributed by atoms with van der Waals surface area (Å²) < 4.78 is 22.9. The Morgan fingerprint density at radius 3 is 2.54 bits per heavy atom. The van der Waals surface area contributed by atoms with Gasteiger partial charge in [0.1, 0.15) is 18.3 Å². The standard InChI is InChI=1S/C8H14O5/c1-8(2)12-5-4(9)3-11-7(10)6(5)13-8/h4-7,9-10H,3H2,1-2H3/t4-,5-,6-,7?/m1/s1/i7D. The highest BCUT2D eigenvalue weighted by molar-refractivity contribution is 4.91. The summed E-state index contributed by atoms with van der Waals surface area (Å²) in [4.78, 5) is 0. The Labute approximate surface area is 77.6 Å². The maximum Gasteiger partial charge on any atom is 0.184 e. The minimum Gasteiger partial charge on any atom is -0.388 e. The van der Waals surface area contributed by atoms with Gasteiger partial charge >= 0.3 is 0 Å². The first-order valence-electron chi connectivity index (χ1n) is 4.72. The number of hydrogen-bond acceptors (Lipinski definition) is 5. The minimum atomic E-state index is -2.14. The molecule has 0 aliphatic carbocycles. The first kappa shape index (κ1) is 8.14. The number of fused-ring (bicyclic) bond motifs is 1. The van der Waals surface area contributed by atoms with E-state index in [0.29, 0.717) is 0 Å². The largest absolute Gasteiger partial charge is 0.388 e. The van der Waals surface area contributed by atoms with Crippen molar-refractivity contribution in [2.75, 3.05) is 6.61 Å². The third-order valence-electron chi connectivity index (χ3n) is 2.15. The molecule has 2 N–H and O–H groups in total. The van der Waals surface area contributed by atoms with Gasteiger partial charge in [-0.25, -0.2) is 0 Å². The van der Waals surface area contributed by atoms with E-state index in [1.165, 1.54) is 0 Å². The van der Waals surface area contributed by atoms with Gasteiger partial charge in [-0.05, 0) is 13.8 Å². The molecule has 0 amide bonds. The van der Waals surface area contributed by atoms with Crippen molar-refractivity contribution in [2.45, 2.75) is 44.2 Å². The van der Waals surface area contributed by atoms with Crippen LogP contribution in [0.15, 0.2) is 0 Å². The molecule has 2 aliphatic rings. The SMILES string of the molecule is [2H]C1(O)OC[C@@H](O)[C@H]2OC(C)(C)O[C@H]21. The Kier molecular flexibility index (Phi) is 1.81. The van der Waals surface area contributed by atoms with Gasteiger partial charge in [0.15, 0.2) is 12.1 Å². The fraction of sp³-hybridized carbons (Fsp3) is 1.00. The van der Waals surface area contributed by atoms with Crippen molar-refractivity contribution in [2.24, 2.45) is 0 Å². The maximum absolute atomic E-state index is 9.52. The molecule has 2 saturated heterocycles.